The fourth-order valence-corrected chi connectivity index (χ4v) is 3.03. The molecular formula is C15H18BrNO2. The lowest BCUT2D eigenvalue weighted by Crippen LogP contribution is -2.05. The number of hydrogen-bond donors (Lipinski definition) is 1. The second-order valence-corrected chi connectivity index (χ2v) is 5.63. The first-order valence-corrected chi connectivity index (χ1v) is 7.46. The molecule has 0 bridgehead atoms. The molecule has 1 aromatic heterocycles. The van der Waals surface area contributed by atoms with Gasteiger partial charge >= 0.3 is 5.97 Å². The van der Waals surface area contributed by atoms with Gasteiger partial charge in [-0.05, 0) is 42.5 Å². The summed E-state index contributed by atoms with van der Waals surface area (Å²) in [6.07, 6.45) is 2.96. The van der Waals surface area contributed by atoms with Crippen LogP contribution in [-0.2, 0) is 4.74 Å². The number of carbonyl (C=O) groups excluding carboxylic acids is 1. The van der Waals surface area contributed by atoms with E-state index in [9.17, 15) is 4.79 Å². The number of benzene rings is 1. The molecule has 1 atom stereocenters. The van der Waals surface area contributed by atoms with Crippen molar-refractivity contribution in [1.29, 1.82) is 0 Å². The number of H-pyrrole nitrogens is 1. The number of aromatic amines is 1. The number of fused-ring (bicyclic) bond motifs is 1. The summed E-state index contributed by atoms with van der Waals surface area (Å²) < 4.78 is 4.90. The van der Waals surface area contributed by atoms with Gasteiger partial charge in [0.1, 0.15) is 0 Å². The van der Waals surface area contributed by atoms with Gasteiger partial charge in [-0.25, -0.2) is 4.79 Å². The lowest BCUT2D eigenvalue weighted by atomic mass is 9.94. The van der Waals surface area contributed by atoms with Gasteiger partial charge in [0.25, 0.3) is 0 Å². The molecule has 0 saturated heterocycles. The average molecular weight is 324 g/mol. The highest BCUT2D eigenvalue weighted by atomic mass is 79.9. The second kappa shape index (κ2) is 5.78. The van der Waals surface area contributed by atoms with E-state index in [-0.39, 0.29) is 5.97 Å². The molecule has 0 aliphatic rings. The van der Waals surface area contributed by atoms with E-state index in [2.05, 4.69) is 33.9 Å². The molecule has 0 amide bonds. The normalized spacial score (nSPS) is 12.6. The van der Waals surface area contributed by atoms with Gasteiger partial charge in [-0.15, -0.1) is 0 Å². The molecule has 0 radical (unpaired) electrons. The van der Waals surface area contributed by atoms with Crippen LogP contribution in [-0.4, -0.2) is 23.4 Å². The quantitative estimate of drug-likeness (QED) is 0.678. The van der Waals surface area contributed by atoms with Crippen molar-refractivity contribution in [2.24, 2.45) is 0 Å². The van der Waals surface area contributed by atoms with Crippen LogP contribution < -0.4 is 0 Å². The average Bonchev–Trinajstić information content (AvgIpc) is 2.79. The monoisotopic (exact) mass is 323 g/mol. The van der Waals surface area contributed by atoms with Gasteiger partial charge in [0.2, 0.25) is 0 Å². The molecule has 1 aromatic carbocycles. The molecule has 1 N–H and O–H groups in total. The molecule has 0 aliphatic carbocycles. The van der Waals surface area contributed by atoms with Gasteiger partial charge in [0.15, 0.2) is 0 Å². The SMILES string of the molecule is COC(=O)c1cc(C(C)CCBr)cc2[nH]cc(C)c12. The van der Waals surface area contributed by atoms with Crippen LogP contribution in [0.15, 0.2) is 18.3 Å². The fraction of sp³-hybridized carbons (Fsp3) is 0.400. The first-order chi connectivity index (χ1) is 9.08. The Bertz CT molecular complexity index is 603. The standard InChI is InChI=1S/C15H18BrNO2/c1-9(4-5-16)11-6-12(15(18)19-3)14-10(2)8-17-13(14)7-11/h6-9,17H,4-5H2,1-3H3. The Balaban J connectivity index is 2.61. The van der Waals surface area contributed by atoms with Crippen molar-refractivity contribution in [2.75, 3.05) is 12.4 Å². The maximum absolute atomic E-state index is 12.0. The van der Waals surface area contributed by atoms with Crippen molar-refractivity contribution in [3.8, 4) is 0 Å². The maximum atomic E-state index is 12.0. The lowest BCUT2D eigenvalue weighted by Gasteiger charge is -2.13. The van der Waals surface area contributed by atoms with Gasteiger partial charge in [-0.1, -0.05) is 22.9 Å². The maximum Gasteiger partial charge on any atom is 0.338 e. The van der Waals surface area contributed by atoms with Gasteiger partial charge < -0.3 is 9.72 Å². The van der Waals surface area contributed by atoms with Gasteiger partial charge in [0, 0.05) is 22.4 Å². The zero-order chi connectivity index (χ0) is 14.0. The van der Waals surface area contributed by atoms with Crippen LogP contribution in [0.1, 0.15) is 40.7 Å². The minimum Gasteiger partial charge on any atom is -0.465 e. The Kier molecular flexibility index (Phi) is 4.30. The molecule has 2 aromatic rings. The van der Waals surface area contributed by atoms with E-state index in [4.69, 9.17) is 4.74 Å². The number of alkyl halides is 1. The summed E-state index contributed by atoms with van der Waals surface area (Å²) in [5.74, 6) is 0.122. The van der Waals surface area contributed by atoms with E-state index < -0.39 is 0 Å². The zero-order valence-corrected chi connectivity index (χ0v) is 13.0. The third-order valence-corrected chi connectivity index (χ3v) is 3.97. The molecule has 3 nitrogen and oxygen atoms in total. The number of rotatable bonds is 4. The Morgan fingerprint density at radius 3 is 2.84 bits per heavy atom. The van der Waals surface area contributed by atoms with E-state index in [0.717, 1.165) is 33.8 Å². The summed E-state index contributed by atoms with van der Waals surface area (Å²) in [4.78, 5) is 15.2. The molecule has 0 aliphatic heterocycles. The lowest BCUT2D eigenvalue weighted by molar-refractivity contribution is 0.0603. The number of esters is 1. The third kappa shape index (κ3) is 2.68. The highest BCUT2D eigenvalue weighted by Gasteiger charge is 2.17. The van der Waals surface area contributed by atoms with Gasteiger partial charge in [-0.2, -0.15) is 0 Å². The molecule has 102 valence electrons. The summed E-state index contributed by atoms with van der Waals surface area (Å²) >= 11 is 3.46. The van der Waals surface area contributed by atoms with E-state index in [1.807, 2.05) is 19.2 Å². The molecule has 1 heterocycles. The Labute approximate surface area is 121 Å². The van der Waals surface area contributed by atoms with Crippen molar-refractivity contribution >= 4 is 32.8 Å². The Hall–Kier alpha value is -1.29. The van der Waals surface area contributed by atoms with Crippen LogP contribution >= 0.6 is 15.9 Å². The number of halogens is 1. The predicted molar refractivity (Wildman–Crippen MR) is 81.2 cm³/mol. The topological polar surface area (TPSA) is 42.1 Å². The van der Waals surface area contributed by atoms with Crippen molar-refractivity contribution < 1.29 is 9.53 Å². The van der Waals surface area contributed by atoms with Crippen LogP contribution in [0.4, 0.5) is 0 Å². The minimum absolute atomic E-state index is 0.277. The molecule has 0 fully saturated rings. The first-order valence-electron chi connectivity index (χ1n) is 6.34. The summed E-state index contributed by atoms with van der Waals surface area (Å²) in [6.45, 7) is 4.16. The molecular weight excluding hydrogens is 306 g/mol. The van der Waals surface area contributed by atoms with Crippen LogP contribution in [0.5, 0.6) is 0 Å². The third-order valence-electron chi connectivity index (χ3n) is 3.52. The summed E-state index contributed by atoms with van der Waals surface area (Å²) in [5.41, 5.74) is 3.87. The van der Waals surface area contributed by atoms with Crippen molar-refractivity contribution in [3.05, 3.63) is 35.0 Å². The minimum atomic E-state index is -0.277. The number of nitrogens with one attached hydrogen (secondary N) is 1. The zero-order valence-electron chi connectivity index (χ0n) is 11.4. The predicted octanol–water partition coefficient (Wildman–Crippen LogP) is 4.15. The molecule has 19 heavy (non-hydrogen) atoms. The van der Waals surface area contributed by atoms with Gasteiger partial charge in [-0.3, -0.25) is 0 Å². The van der Waals surface area contributed by atoms with Crippen molar-refractivity contribution in [2.45, 2.75) is 26.2 Å². The number of methoxy groups -OCH3 is 1. The highest BCUT2D eigenvalue weighted by molar-refractivity contribution is 9.09. The van der Waals surface area contributed by atoms with Gasteiger partial charge in [0.05, 0.1) is 12.7 Å². The van der Waals surface area contributed by atoms with Crippen LogP contribution in [0, 0.1) is 6.92 Å². The second-order valence-electron chi connectivity index (χ2n) is 4.83. The van der Waals surface area contributed by atoms with Crippen molar-refractivity contribution in [3.63, 3.8) is 0 Å². The van der Waals surface area contributed by atoms with Crippen molar-refractivity contribution in [1.82, 2.24) is 4.98 Å². The van der Waals surface area contributed by atoms with E-state index in [0.29, 0.717) is 11.5 Å². The van der Waals surface area contributed by atoms with E-state index in [1.165, 1.54) is 7.11 Å². The van der Waals surface area contributed by atoms with Crippen LogP contribution in [0.25, 0.3) is 10.9 Å². The molecule has 4 heteroatoms. The largest absolute Gasteiger partial charge is 0.465 e. The smallest absolute Gasteiger partial charge is 0.338 e. The molecule has 2 rings (SSSR count). The molecule has 1 unspecified atom stereocenters. The van der Waals surface area contributed by atoms with E-state index >= 15 is 0 Å². The summed E-state index contributed by atoms with van der Waals surface area (Å²) in [5, 5.41) is 1.91. The Morgan fingerprint density at radius 2 is 2.21 bits per heavy atom. The molecule has 0 spiro atoms. The fourth-order valence-electron chi connectivity index (χ4n) is 2.35. The highest BCUT2D eigenvalue weighted by Crippen LogP contribution is 2.29. The molecule has 0 saturated carbocycles. The van der Waals surface area contributed by atoms with Crippen LogP contribution in [0.2, 0.25) is 0 Å². The number of hydrogen-bond acceptors (Lipinski definition) is 2. The summed E-state index contributed by atoms with van der Waals surface area (Å²) in [7, 11) is 1.42. The number of aromatic nitrogens is 1. The number of ether oxygens (including phenoxy) is 1. The summed E-state index contributed by atoms with van der Waals surface area (Å²) in [6, 6.07) is 4.09. The van der Waals surface area contributed by atoms with E-state index in [1.54, 1.807) is 0 Å². The number of aryl methyl sites for hydroxylation is 1. The first kappa shape index (κ1) is 14.1. The number of carbonyl (C=O) groups is 1. The Morgan fingerprint density at radius 1 is 1.47 bits per heavy atom. The van der Waals surface area contributed by atoms with Crippen LogP contribution in [0.3, 0.4) is 0 Å².